The maximum absolute atomic E-state index is 10.4. The molecule has 2 N–H and O–H groups in total. The third kappa shape index (κ3) is 4.15. The molecule has 0 atom stereocenters. The second kappa shape index (κ2) is 6.61. The van der Waals surface area contributed by atoms with Gasteiger partial charge in [0.15, 0.2) is 0 Å². The fourth-order valence-corrected chi connectivity index (χ4v) is 2.72. The molecule has 2 fully saturated rings. The number of nitrogens with one attached hydrogen (secondary N) is 1. The standard InChI is InChI=1S/C13H22N2O.ClH/c1-2-12-3-9-15(10-4-12)11-13(16)5-7-14-8-6-13;/h1,12,14,16H,3-11H2;1H. The molecule has 0 unspecified atom stereocenters. The Morgan fingerprint density at radius 1 is 1.29 bits per heavy atom. The number of aliphatic hydroxyl groups is 1. The number of hydrogen-bond acceptors (Lipinski definition) is 3. The molecule has 0 aromatic heterocycles. The van der Waals surface area contributed by atoms with Crippen molar-refractivity contribution in [2.45, 2.75) is 31.3 Å². The number of terminal acetylenes is 1. The van der Waals surface area contributed by atoms with Crippen LogP contribution in [0.5, 0.6) is 0 Å². The SMILES string of the molecule is C#CC1CCN(CC2(O)CCNCC2)CC1.Cl. The number of halogens is 1. The molecule has 3 nitrogen and oxygen atoms in total. The molecule has 0 spiro atoms. The lowest BCUT2D eigenvalue weighted by Gasteiger charge is -2.39. The van der Waals surface area contributed by atoms with Gasteiger partial charge in [-0.25, -0.2) is 0 Å². The molecule has 98 valence electrons. The van der Waals surface area contributed by atoms with Crippen molar-refractivity contribution in [3.05, 3.63) is 0 Å². The van der Waals surface area contributed by atoms with Crippen LogP contribution in [0.25, 0.3) is 0 Å². The molecule has 0 bridgehead atoms. The summed E-state index contributed by atoms with van der Waals surface area (Å²) in [6.45, 7) is 4.80. The number of β-amino-alcohol motifs (C(OH)–C–C–N with tert-alkyl or cyclic N) is 1. The highest BCUT2D eigenvalue weighted by Crippen LogP contribution is 2.23. The summed E-state index contributed by atoms with van der Waals surface area (Å²) in [4.78, 5) is 2.37. The predicted octanol–water partition coefficient (Wildman–Crippen LogP) is 0.868. The van der Waals surface area contributed by atoms with Crippen molar-refractivity contribution >= 4 is 12.4 Å². The molecule has 2 saturated heterocycles. The molecular formula is C13H23ClN2O. The van der Waals surface area contributed by atoms with E-state index in [1.807, 2.05) is 0 Å². The van der Waals surface area contributed by atoms with E-state index in [1.165, 1.54) is 0 Å². The van der Waals surface area contributed by atoms with E-state index in [9.17, 15) is 5.11 Å². The number of likely N-dealkylation sites (tertiary alicyclic amines) is 1. The van der Waals surface area contributed by atoms with E-state index < -0.39 is 5.60 Å². The van der Waals surface area contributed by atoms with Gasteiger partial charge in [-0.15, -0.1) is 24.8 Å². The highest BCUT2D eigenvalue weighted by atomic mass is 35.5. The fraction of sp³-hybridized carbons (Fsp3) is 0.846. The Morgan fingerprint density at radius 3 is 2.41 bits per heavy atom. The summed E-state index contributed by atoms with van der Waals surface area (Å²) >= 11 is 0. The van der Waals surface area contributed by atoms with Gasteiger partial charge in [0, 0.05) is 12.5 Å². The van der Waals surface area contributed by atoms with Crippen LogP contribution in [-0.2, 0) is 0 Å². The summed E-state index contributed by atoms with van der Waals surface area (Å²) in [6.07, 6.45) is 9.36. The zero-order valence-electron chi connectivity index (χ0n) is 10.3. The van der Waals surface area contributed by atoms with Gasteiger partial charge in [0.05, 0.1) is 5.60 Å². The van der Waals surface area contributed by atoms with Gasteiger partial charge < -0.3 is 15.3 Å². The van der Waals surface area contributed by atoms with E-state index in [4.69, 9.17) is 6.42 Å². The Balaban J connectivity index is 0.00000144. The number of nitrogens with zero attached hydrogens (tertiary/aromatic N) is 1. The zero-order valence-corrected chi connectivity index (χ0v) is 11.1. The minimum absolute atomic E-state index is 0. The second-order valence-corrected chi connectivity index (χ2v) is 5.19. The third-order valence-corrected chi connectivity index (χ3v) is 3.88. The molecule has 0 amide bonds. The second-order valence-electron chi connectivity index (χ2n) is 5.19. The van der Waals surface area contributed by atoms with Gasteiger partial charge in [-0.05, 0) is 51.9 Å². The molecule has 4 heteroatoms. The number of hydrogen-bond donors (Lipinski definition) is 2. The van der Waals surface area contributed by atoms with Crippen molar-refractivity contribution in [1.29, 1.82) is 0 Å². The molecule has 17 heavy (non-hydrogen) atoms. The van der Waals surface area contributed by atoms with Gasteiger partial charge in [0.2, 0.25) is 0 Å². The molecule has 0 aliphatic carbocycles. The minimum Gasteiger partial charge on any atom is -0.388 e. The Hall–Kier alpha value is -0.270. The van der Waals surface area contributed by atoms with E-state index in [0.29, 0.717) is 5.92 Å². The van der Waals surface area contributed by atoms with Crippen LogP contribution in [-0.4, -0.2) is 48.3 Å². The molecule has 2 aliphatic heterocycles. The van der Waals surface area contributed by atoms with Gasteiger partial charge >= 0.3 is 0 Å². The lowest BCUT2D eigenvalue weighted by molar-refractivity contribution is -0.0261. The van der Waals surface area contributed by atoms with Crippen LogP contribution in [0.2, 0.25) is 0 Å². The van der Waals surface area contributed by atoms with Crippen molar-refractivity contribution in [2.75, 3.05) is 32.7 Å². The molecule has 0 radical (unpaired) electrons. The smallest absolute Gasteiger partial charge is 0.0798 e. The van der Waals surface area contributed by atoms with Crippen molar-refractivity contribution in [3.8, 4) is 12.3 Å². The van der Waals surface area contributed by atoms with E-state index in [-0.39, 0.29) is 12.4 Å². The first-order valence-corrected chi connectivity index (χ1v) is 6.33. The van der Waals surface area contributed by atoms with Gasteiger partial charge in [0.1, 0.15) is 0 Å². The van der Waals surface area contributed by atoms with Gasteiger partial charge in [-0.2, -0.15) is 0 Å². The summed E-state index contributed by atoms with van der Waals surface area (Å²) in [7, 11) is 0. The van der Waals surface area contributed by atoms with E-state index in [2.05, 4.69) is 16.1 Å². The van der Waals surface area contributed by atoms with E-state index in [1.54, 1.807) is 0 Å². The van der Waals surface area contributed by atoms with E-state index >= 15 is 0 Å². The first kappa shape index (κ1) is 14.8. The van der Waals surface area contributed by atoms with Crippen molar-refractivity contribution in [1.82, 2.24) is 10.2 Å². The minimum atomic E-state index is -0.464. The van der Waals surface area contributed by atoms with Crippen LogP contribution in [0.3, 0.4) is 0 Å². The van der Waals surface area contributed by atoms with Crippen molar-refractivity contribution in [2.24, 2.45) is 5.92 Å². The first-order valence-electron chi connectivity index (χ1n) is 6.33. The predicted molar refractivity (Wildman–Crippen MR) is 72.3 cm³/mol. The lowest BCUT2D eigenvalue weighted by Crippen LogP contribution is -2.51. The lowest BCUT2D eigenvalue weighted by atomic mass is 9.90. The summed E-state index contributed by atoms with van der Waals surface area (Å²) in [6, 6.07) is 0. The molecular weight excluding hydrogens is 236 g/mol. The van der Waals surface area contributed by atoms with Crippen molar-refractivity contribution in [3.63, 3.8) is 0 Å². The normalized spacial score (nSPS) is 25.9. The Kier molecular flexibility index (Phi) is 5.75. The number of piperidine rings is 2. The van der Waals surface area contributed by atoms with Crippen LogP contribution < -0.4 is 5.32 Å². The molecule has 2 rings (SSSR count). The van der Waals surface area contributed by atoms with Crippen LogP contribution >= 0.6 is 12.4 Å². The topological polar surface area (TPSA) is 35.5 Å². The van der Waals surface area contributed by atoms with Crippen LogP contribution in [0.15, 0.2) is 0 Å². The van der Waals surface area contributed by atoms with E-state index in [0.717, 1.165) is 58.4 Å². The highest BCUT2D eigenvalue weighted by Gasteiger charge is 2.32. The monoisotopic (exact) mass is 258 g/mol. The highest BCUT2D eigenvalue weighted by molar-refractivity contribution is 5.85. The van der Waals surface area contributed by atoms with Crippen LogP contribution in [0.4, 0.5) is 0 Å². The Labute approximate surface area is 110 Å². The Morgan fingerprint density at radius 2 is 1.88 bits per heavy atom. The number of rotatable bonds is 2. The zero-order chi connectivity index (χ0) is 11.4. The molecule has 0 aromatic rings. The van der Waals surface area contributed by atoms with Gasteiger partial charge in [0.25, 0.3) is 0 Å². The average molecular weight is 259 g/mol. The average Bonchev–Trinajstić information content (AvgIpc) is 2.30. The van der Waals surface area contributed by atoms with Crippen LogP contribution in [0.1, 0.15) is 25.7 Å². The van der Waals surface area contributed by atoms with Crippen molar-refractivity contribution < 1.29 is 5.11 Å². The largest absolute Gasteiger partial charge is 0.388 e. The third-order valence-electron chi connectivity index (χ3n) is 3.88. The molecule has 2 aliphatic rings. The Bertz CT molecular complexity index is 263. The summed E-state index contributed by atoms with van der Waals surface area (Å²) in [5.74, 6) is 3.30. The van der Waals surface area contributed by atoms with Gasteiger partial charge in [-0.3, -0.25) is 0 Å². The molecule has 2 heterocycles. The summed E-state index contributed by atoms with van der Waals surface area (Å²) < 4.78 is 0. The molecule has 0 saturated carbocycles. The summed E-state index contributed by atoms with van der Waals surface area (Å²) in [5, 5.41) is 13.7. The first-order chi connectivity index (χ1) is 7.72. The maximum Gasteiger partial charge on any atom is 0.0798 e. The summed E-state index contributed by atoms with van der Waals surface area (Å²) in [5.41, 5.74) is -0.464. The maximum atomic E-state index is 10.4. The quantitative estimate of drug-likeness (QED) is 0.722. The fourth-order valence-electron chi connectivity index (χ4n) is 2.72. The molecule has 0 aromatic carbocycles. The van der Waals surface area contributed by atoms with Crippen LogP contribution in [0, 0.1) is 18.3 Å². The van der Waals surface area contributed by atoms with Gasteiger partial charge in [-0.1, -0.05) is 0 Å².